The molecule has 1 aromatic carbocycles. The minimum atomic E-state index is 0.816. The number of rotatable bonds is 9. The molecule has 1 heterocycles. The smallest absolute Gasteiger partial charge is 0.0234 e. The number of likely N-dealkylation sites (N-methyl/N-ethyl adjacent to an activating group) is 1. The van der Waals surface area contributed by atoms with Gasteiger partial charge in [-0.25, -0.2) is 0 Å². The molecule has 2 rings (SSSR count). The third kappa shape index (κ3) is 6.25. The van der Waals surface area contributed by atoms with Crippen LogP contribution in [0.25, 0.3) is 0 Å². The fraction of sp³-hybridized carbons (Fsp3) is 0.700. The van der Waals surface area contributed by atoms with Crippen LogP contribution in [0.1, 0.15) is 44.7 Å². The highest BCUT2D eigenvalue weighted by atomic mass is 15.3. The molecule has 1 saturated heterocycles. The Labute approximate surface area is 143 Å². The second-order valence-electron chi connectivity index (χ2n) is 6.84. The Kier molecular flexibility index (Phi) is 8.07. The van der Waals surface area contributed by atoms with Crippen molar-refractivity contribution in [3.05, 3.63) is 35.4 Å². The molecule has 130 valence electrons. The lowest BCUT2D eigenvalue weighted by molar-refractivity contribution is 0.132. The molecule has 1 N–H and O–H groups in total. The van der Waals surface area contributed by atoms with Crippen LogP contribution < -0.4 is 5.32 Å². The van der Waals surface area contributed by atoms with E-state index in [-0.39, 0.29) is 0 Å². The van der Waals surface area contributed by atoms with Crippen molar-refractivity contribution in [1.29, 1.82) is 0 Å². The van der Waals surface area contributed by atoms with E-state index < -0.39 is 0 Å². The van der Waals surface area contributed by atoms with Crippen LogP contribution in [0.5, 0.6) is 0 Å². The Morgan fingerprint density at radius 1 is 0.870 bits per heavy atom. The first-order valence-electron chi connectivity index (χ1n) is 9.48. The third-order valence-corrected chi connectivity index (χ3v) is 5.26. The quantitative estimate of drug-likeness (QED) is 0.753. The molecule has 0 aliphatic carbocycles. The Balaban J connectivity index is 1.72. The van der Waals surface area contributed by atoms with Crippen molar-refractivity contribution >= 4 is 0 Å². The standard InChI is InChI=1S/C20H35N3/c1-4-18(5-2)15-21-16-19-7-9-20(10-8-19)17-23-13-11-22(6-3)12-14-23/h7-10,18,21H,4-6,11-17H2,1-3H3. The van der Waals surface area contributed by atoms with Gasteiger partial charge < -0.3 is 10.2 Å². The molecule has 1 aromatic rings. The summed E-state index contributed by atoms with van der Waals surface area (Å²) >= 11 is 0. The highest BCUT2D eigenvalue weighted by molar-refractivity contribution is 5.22. The first kappa shape index (κ1) is 18.4. The van der Waals surface area contributed by atoms with Crippen LogP contribution in [-0.4, -0.2) is 49.1 Å². The van der Waals surface area contributed by atoms with Gasteiger partial charge in [0.1, 0.15) is 0 Å². The van der Waals surface area contributed by atoms with Crippen LogP contribution in [0.15, 0.2) is 24.3 Å². The number of nitrogens with one attached hydrogen (secondary N) is 1. The summed E-state index contributed by atoms with van der Waals surface area (Å²) in [6, 6.07) is 9.19. The number of nitrogens with zero attached hydrogens (tertiary/aromatic N) is 2. The van der Waals surface area contributed by atoms with E-state index in [1.807, 2.05) is 0 Å². The van der Waals surface area contributed by atoms with E-state index in [2.05, 4.69) is 60.2 Å². The average molecular weight is 318 g/mol. The zero-order valence-corrected chi connectivity index (χ0v) is 15.4. The SMILES string of the molecule is CCC(CC)CNCc1ccc(CN2CCN(CC)CC2)cc1. The van der Waals surface area contributed by atoms with Gasteiger partial charge in [0, 0.05) is 39.3 Å². The fourth-order valence-corrected chi connectivity index (χ4v) is 3.28. The lowest BCUT2D eigenvalue weighted by Crippen LogP contribution is -2.45. The van der Waals surface area contributed by atoms with Gasteiger partial charge in [-0.3, -0.25) is 4.90 Å². The van der Waals surface area contributed by atoms with Gasteiger partial charge in [0.05, 0.1) is 0 Å². The maximum absolute atomic E-state index is 3.60. The molecule has 3 nitrogen and oxygen atoms in total. The minimum absolute atomic E-state index is 0.816. The van der Waals surface area contributed by atoms with E-state index in [1.165, 1.54) is 56.7 Å². The van der Waals surface area contributed by atoms with Crippen LogP contribution in [-0.2, 0) is 13.1 Å². The van der Waals surface area contributed by atoms with Crippen LogP contribution in [0, 0.1) is 5.92 Å². The van der Waals surface area contributed by atoms with Crippen LogP contribution in [0.3, 0.4) is 0 Å². The Morgan fingerprint density at radius 3 is 2.00 bits per heavy atom. The number of hydrogen-bond acceptors (Lipinski definition) is 3. The van der Waals surface area contributed by atoms with Crippen LogP contribution >= 0.6 is 0 Å². The van der Waals surface area contributed by atoms with Crippen molar-refractivity contribution in [3.63, 3.8) is 0 Å². The molecule has 0 atom stereocenters. The van der Waals surface area contributed by atoms with Crippen molar-refractivity contribution in [2.24, 2.45) is 5.92 Å². The molecule has 0 unspecified atom stereocenters. The third-order valence-electron chi connectivity index (χ3n) is 5.26. The second-order valence-corrected chi connectivity index (χ2v) is 6.84. The molecule has 1 aliphatic rings. The summed E-state index contributed by atoms with van der Waals surface area (Å²) in [4.78, 5) is 5.11. The van der Waals surface area contributed by atoms with Gasteiger partial charge in [0.2, 0.25) is 0 Å². The topological polar surface area (TPSA) is 18.5 Å². The van der Waals surface area contributed by atoms with Crippen molar-refractivity contribution < 1.29 is 0 Å². The number of hydrogen-bond donors (Lipinski definition) is 1. The summed E-state index contributed by atoms with van der Waals surface area (Å²) in [5.74, 6) is 0.816. The molecule has 1 aliphatic heterocycles. The molecule has 0 amide bonds. The maximum atomic E-state index is 3.60. The maximum Gasteiger partial charge on any atom is 0.0234 e. The van der Waals surface area contributed by atoms with Gasteiger partial charge in [-0.05, 0) is 30.1 Å². The first-order chi connectivity index (χ1) is 11.2. The van der Waals surface area contributed by atoms with Crippen LogP contribution in [0.4, 0.5) is 0 Å². The van der Waals surface area contributed by atoms with E-state index in [0.717, 1.165) is 25.6 Å². The second kappa shape index (κ2) is 10.1. The van der Waals surface area contributed by atoms with Gasteiger partial charge in [0.25, 0.3) is 0 Å². The van der Waals surface area contributed by atoms with Crippen molar-refractivity contribution in [2.75, 3.05) is 39.3 Å². The molecule has 0 radical (unpaired) electrons. The fourth-order valence-electron chi connectivity index (χ4n) is 3.28. The Hall–Kier alpha value is -0.900. The van der Waals surface area contributed by atoms with E-state index >= 15 is 0 Å². The number of benzene rings is 1. The largest absolute Gasteiger partial charge is 0.312 e. The molecule has 23 heavy (non-hydrogen) atoms. The van der Waals surface area contributed by atoms with Gasteiger partial charge in [-0.1, -0.05) is 57.9 Å². The summed E-state index contributed by atoms with van der Waals surface area (Å²) in [5, 5.41) is 3.60. The van der Waals surface area contributed by atoms with Crippen molar-refractivity contribution in [1.82, 2.24) is 15.1 Å². The van der Waals surface area contributed by atoms with Gasteiger partial charge in [0.15, 0.2) is 0 Å². The lowest BCUT2D eigenvalue weighted by atomic mass is 10.0. The highest BCUT2D eigenvalue weighted by Crippen LogP contribution is 2.11. The molecule has 0 spiro atoms. The summed E-state index contributed by atoms with van der Waals surface area (Å²) in [6.45, 7) is 16.1. The Morgan fingerprint density at radius 2 is 1.43 bits per heavy atom. The Bertz CT molecular complexity index is 417. The van der Waals surface area contributed by atoms with E-state index in [9.17, 15) is 0 Å². The van der Waals surface area contributed by atoms with Gasteiger partial charge in [-0.2, -0.15) is 0 Å². The van der Waals surface area contributed by atoms with Gasteiger partial charge >= 0.3 is 0 Å². The normalized spacial score (nSPS) is 17.0. The molecule has 0 aromatic heterocycles. The summed E-state index contributed by atoms with van der Waals surface area (Å²) in [7, 11) is 0. The van der Waals surface area contributed by atoms with Gasteiger partial charge in [-0.15, -0.1) is 0 Å². The first-order valence-corrected chi connectivity index (χ1v) is 9.48. The average Bonchev–Trinajstić information content (AvgIpc) is 2.61. The van der Waals surface area contributed by atoms with E-state index in [0.29, 0.717) is 0 Å². The van der Waals surface area contributed by atoms with Crippen LogP contribution in [0.2, 0.25) is 0 Å². The summed E-state index contributed by atoms with van der Waals surface area (Å²) < 4.78 is 0. The summed E-state index contributed by atoms with van der Waals surface area (Å²) in [5.41, 5.74) is 2.84. The summed E-state index contributed by atoms with van der Waals surface area (Å²) in [6.07, 6.45) is 2.54. The zero-order valence-electron chi connectivity index (χ0n) is 15.4. The van der Waals surface area contributed by atoms with Crippen molar-refractivity contribution in [2.45, 2.75) is 46.7 Å². The molecular formula is C20H35N3. The molecule has 0 saturated carbocycles. The number of piperazine rings is 1. The van der Waals surface area contributed by atoms with E-state index in [1.54, 1.807) is 0 Å². The minimum Gasteiger partial charge on any atom is -0.312 e. The molecule has 0 bridgehead atoms. The molecular weight excluding hydrogens is 282 g/mol. The van der Waals surface area contributed by atoms with Crippen molar-refractivity contribution in [3.8, 4) is 0 Å². The zero-order chi connectivity index (χ0) is 16.5. The predicted molar refractivity (Wildman–Crippen MR) is 99.6 cm³/mol. The monoisotopic (exact) mass is 317 g/mol. The lowest BCUT2D eigenvalue weighted by Gasteiger charge is -2.34. The molecule has 3 heteroatoms. The van der Waals surface area contributed by atoms with E-state index in [4.69, 9.17) is 0 Å². The predicted octanol–water partition coefficient (Wildman–Crippen LogP) is 3.35. The molecule has 1 fully saturated rings. The highest BCUT2D eigenvalue weighted by Gasteiger charge is 2.15.